The Bertz CT molecular complexity index is 391. The summed E-state index contributed by atoms with van der Waals surface area (Å²) in [7, 11) is 0. The van der Waals surface area contributed by atoms with Gasteiger partial charge in [0.05, 0.1) is 18.6 Å². The average Bonchev–Trinajstić information content (AvgIpc) is 2.78. The molecule has 4 heteroatoms. The van der Waals surface area contributed by atoms with Crippen molar-refractivity contribution < 1.29 is 9.53 Å². The molecule has 0 radical (unpaired) electrons. The minimum atomic E-state index is -0.181. The zero-order valence-corrected chi connectivity index (χ0v) is 13.0. The highest BCUT2D eigenvalue weighted by Crippen LogP contribution is 2.80. The van der Waals surface area contributed by atoms with Gasteiger partial charge in [-0.25, -0.2) is 0 Å². The second-order valence-electron chi connectivity index (χ2n) is 6.78. The topological polar surface area (TPSA) is 29.5 Å². The lowest BCUT2D eigenvalue weighted by molar-refractivity contribution is -0.176. The summed E-state index contributed by atoms with van der Waals surface area (Å²) in [4.78, 5) is 15.3. The summed E-state index contributed by atoms with van der Waals surface area (Å²) in [6.07, 6.45) is 2.19. The molecule has 1 amide bonds. The van der Waals surface area contributed by atoms with E-state index in [2.05, 4.69) is 36.7 Å². The minimum absolute atomic E-state index is 0.101. The van der Waals surface area contributed by atoms with Crippen molar-refractivity contribution in [2.75, 3.05) is 26.3 Å². The highest BCUT2D eigenvalue weighted by Gasteiger charge is 2.80. The molecule has 2 bridgehead atoms. The van der Waals surface area contributed by atoms with Gasteiger partial charge in [0.15, 0.2) is 0 Å². The van der Waals surface area contributed by atoms with Gasteiger partial charge in [-0.2, -0.15) is 0 Å². The summed E-state index contributed by atoms with van der Waals surface area (Å²) in [5.41, 5.74) is 0.192. The molecule has 1 heterocycles. The number of carbonyl (C=O) groups excluding carboxylic acids is 1. The Morgan fingerprint density at radius 2 is 1.83 bits per heavy atom. The van der Waals surface area contributed by atoms with Crippen molar-refractivity contribution in [3.05, 3.63) is 0 Å². The van der Waals surface area contributed by atoms with E-state index in [-0.39, 0.29) is 16.2 Å². The van der Waals surface area contributed by atoms with Crippen molar-refractivity contribution in [1.82, 2.24) is 4.90 Å². The predicted molar refractivity (Wildman–Crippen MR) is 73.7 cm³/mol. The van der Waals surface area contributed by atoms with Crippen LogP contribution in [0.1, 0.15) is 33.6 Å². The van der Waals surface area contributed by atoms with E-state index in [4.69, 9.17) is 4.74 Å². The third kappa shape index (κ3) is 1.17. The van der Waals surface area contributed by atoms with Crippen molar-refractivity contribution in [1.29, 1.82) is 0 Å². The van der Waals surface area contributed by atoms with Crippen LogP contribution in [0, 0.1) is 16.2 Å². The van der Waals surface area contributed by atoms with Crippen LogP contribution in [-0.4, -0.2) is 41.9 Å². The number of hydrogen-bond acceptors (Lipinski definition) is 2. The Labute approximate surface area is 117 Å². The first-order valence-electron chi connectivity index (χ1n) is 6.89. The van der Waals surface area contributed by atoms with Gasteiger partial charge in [-0.1, -0.05) is 36.7 Å². The van der Waals surface area contributed by atoms with Gasteiger partial charge in [-0.3, -0.25) is 4.79 Å². The highest BCUT2D eigenvalue weighted by atomic mass is 79.9. The van der Waals surface area contributed by atoms with Crippen LogP contribution in [0.4, 0.5) is 0 Å². The lowest BCUT2D eigenvalue weighted by Gasteiger charge is -2.65. The van der Waals surface area contributed by atoms with Gasteiger partial charge in [0.25, 0.3) is 0 Å². The molecule has 1 aliphatic heterocycles. The maximum absolute atomic E-state index is 13.0. The van der Waals surface area contributed by atoms with Crippen molar-refractivity contribution in [3.8, 4) is 0 Å². The highest BCUT2D eigenvalue weighted by molar-refractivity contribution is 9.09. The van der Waals surface area contributed by atoms with Gasteiger partial charge in [-0.05, 0) is 23.7 Å². The van der Waals surface area contributed by atoms with Crippen LogP contribution >= 0.6 is 15.9 Å². The zero-order valence-electron chi connectivity index (χ0n) is 11.5. The monoisotopic (exact) mass is 315 g/mol. The third-order valence-electron chi connectivity index (χ3n) is 6.25. The van der Waals surface area contributed by atoms with Crippen LogP contribution < -0.4 is 0 Å². The Hall–Kier alpha value is -0.0900. The van der Waals surface area contributed by atoms with E-state index in [9.17, 15) is 4.79 Å². The molecule has 18 heavy (non-hydrogen) atoms. The number of fused-ring (bicyclic) bond motifs is 1. The number of alkyl halides is 1. The minimum Gasteiger partial charge on any atom is -0.378 e. The van der Waals surface area contributed by atoms with Crippen LogP contribution in [0.5, 0.6) is 0 Å². The molecule has 4 aliphatic rings. The quantitative estimate of drug-likeness (QED) is 0.696. The SMILES string of the molecule is CC12CCC(C(=O)N3CCOCC3)(C1Br)C2(C)C. The Morgan fingerprint density at radius 3 is 2.28 bits per heavy atom. The van der Waals surface area contributed by atoms with Gasteiger partial charge in [-0.15, -0.1) is 0 Å². The van der Waals surface area contributed by atoms with Crippen LogP contribution in [0.25, 0.3) is 0 Å². The molecule has 3 unspecified atom stereocenters. The number of rotatable bonds is 1. The van der Waals surface area contributed by atoms with Gasteiger partial charge in [0.1, 0.15) is 0 Å². The van der Waals surface area contributed by atoms with Gasteiger partial charge >= 0.3 is 0 Å². The summed E-state index contributed by atoms with van der Waals surface area (Å²) in [5.74, 6) is 0.354. The molecule has 4 fully saturated rings. The zero-order chi connectivity index (χ0) is 13.2. The first kappa shape index (κ1) is 12.9. The van der Waals surface area contributed by atoms with E-state index in [0.717, 1.165) is 25.9 Å². The number of hydrogen-bond donors (Lipinski definition) is 0. The van der Waals surface area contributed by atoms with E-state index < -0.39 is 0 Å². The summed E-state index contributed by atoms with van der Waals surface area (Å²) < 4.78 is 5.35. The largest absolute Gasteiger partial charge is 0.378 e. The van der Waals surface area contributed by atoms with Crippen LogP contribution in [-0.2, 0) is 9.53 Å². The van der Waals surface area contributed by atoms with E-state index in [1.165, 1.54) is 0 Å². The normalized spacial score (nSPS) is 45.8. The van der Waals surface area contributed by atoms with Crippen LogP contribution in [0.15, 0.2) is 0 Å². The van der Waals surface area contributed by atoms with Gasteiger partial charge in [0.2, 0.25) is 5.91 Å². The standard InChI is InChI=1S/C14H22BrNO2/c1-12(2)13(3)4-5-14(12,10(13)15)11(17)16-6-8-18-9-7-16/h10H,4-9H2,1-3H3. The molecule has 0 N–H and O–H groups in total. The molecule has 1 saturated heterocycles. The molecule has 0 spiro atoms. The molecule has 0 aromatic rings. The molecule has 3 saturated carbocycles. The Kier molecular flexibility index (Phi) is 2.67. The summed E-state index contributed by atoms with van der Waals surface area (Å²) in [6, 6.07) is 0. The molecule has 3 atom stereocenters. The summed E-state index contributed by atoms with van der Waals surface area (Å²) in [6.45, 7) is 9.76. The number of ether oxygens (including phenoxy) is 1. The number of amides is 1. The lowest BCUT2D eigenvalue weighted by Crippen LogP contribution is -2.70. The van der Waals surface area contributed by atoms with E-state index >= 15 is 0 Å². The third-order valence-corrected chi connectivity index (χ3v) is 8.05. The predicted octanol–water partition coefficient (Wildman–Crippen LogP) is 2.44. The molecular weight excluding hydrogens is 294 g/mol. The number of nitrogens with zero attached hydrogens (tertiary/aromatic N) is 1. The van der Waals surface area contributed by atoms with Crippen LogP contribution in [0.3, 0.4) is 0 Å². The van der Waals surface area contributed by atoms with E-state index in [1.807, 2.05) is 4.90 Å². The number of carbonyl (C=O) groups is 1. The molecule has 3 aliphatic carbocycles. The lowest BCUT2D eigenvalue weighted by atomic mass is 9.43. The molecule has 0 aromatic heterocycles. The fourth-order valence-electron chi connectivity index (χ4n) is 4.48. The summed E-state index contributed by atoms with van der Waals surface area (Å²) in [5, 5.41) is 0. The summed E-state index contributed by atoms with van der Waals surface area (Å²) >= 11 is 3.83. The average molecular weight is 316 g/mol. The molecule has 4 rings (SSSR count). The molecular formula is C14H22BrNO2. The number of halogens is 1. The first-order chi connectivity index (χ1) is 8.38. The van der Waals surface area contributed by atoms with Crippen molar-refractivity contribution in [3.63, 3.8) is 0 Å². The number of morpholine rings is 1. The van der Waals surface area contributed by atoms with E-state index in [1.54, 1.807) is 0 Å². The van der Waals surface area contributed by atoms with Crippen molar-refractivity contribution in [2.45, 2.75) is 38.4 Å². The Balaban J connectivity index is 1.89. The van der Waals surface area contributed by atoms with E-state index in [0.29, 0.717) is 23.9 Å². The Morgan fingerprint density at radius 1 is 1.22 bits per heavy atom. The maximum atomic E-state index is 13.0. The smallest absolute Gasteiger partial charge is 0.230 e. The fourth-order valence-corrected chi connectivity index (χ4v) is 6.27. The second kappa shape index (κ2) is 3.72. The second-order valence-corrected chi connectivity index (χ2v) is 7.70. The molecule has 3 nitrogen and oxygen atoms in total. The molecule has 0 aromatic carbocycles. The fraction of sp³-hybridized carbons (Fsp3) is 0.929. The van der Waals surface area contributed by atoms with Crippen LogP contribution in [0.2, 0.25) is 0 Å². The molecule has 102 valence electrons. The first-order valence-corrected chi connectivity index (χ1v) is 7.81. The van der Waals surface area contributed by atoms with Gasteiger partial charge in [0, 0.05) is 17.9 Å². The van der Waals surface area contributed by atoms with Crippen molar-refractivity contribution in [2.24, 2.45) is 16.2 Å². The van der Waals surface area contributed by atoms with Gasteiger partial charge < -0.3 is 9.64 Å². The maximum Gasteiger partial charge on any atom is 0.230 e. The van der Waals surface area contributed by atoms with Crippen molar-refractivity contribution >= 4 is 21.8 Å².